The summed E-state index contributed by atoms with van der Waals surface area (Å²) in [6.45, 7) is 4.02. The number of ether oxygens (including phenoxy) is 2. The monoisotopic (exact) mass is 877 g/mol. The lowest BCUT2D eigenvalue weighted by Crippen LogP contribution is -2.28. The van der Waals surface area contributed by atoms with Gasteiger partial charge in [0, 0.05) is 12.8 Å². The summed E-state index contributed by atoms with van der Waals surface area (Å²) in [5.74, 6) is -0.625. The molecule has 1 N–H and O–H groups in total. The van der Waals surface area contributed by atoms with Gasteiger partial charge in [0.05, 0.1) is 6.61 Å². The van der Waals surface area contributed by atoms with Gasteiger partial charge < -0.3 is 14.6 Å². The quantitative estimate of drug-likeness (QED) is 0.0374. The van der Waals surface area contributed by atoms with Crippen LogP contribution in [0.2, 0.25) is 0 Å². The number of aliphatic hydroxyl groups is 1. The van der Waals surface area contributed by atoms with Crippen molar-refractivity contribution < 1.29 is 24.2 Å². The molecule has 0 aliphatic carbocycles. The number of esters is 2. The van der Waals surface area contributed by atoms with Gasteiger partial charge in [0.1, 0.15) is 6.61 Å². The molecule has 0 aliphatic heterocycles. The maximum Gasteiger partial charge on any atom is 0.306 e. The number of hydrogen-bond acceptors (Lipinski definition) is 5. The van der Waals surface area contributed by atoms with E-state index in [1.165, 1.54) is 135 Å². The van der Waals surface area contributed by atoms with E-state index in [-0.39, 0.29) is 25.2 Å². The average molecular weight is 877 g/mol. The number of unbranched alkanes of at least 4 members (excludes halogenated alkanes) is 26. The second kappa shape index (κ2) is 53.4. The van der Waals surface area contributed by atoms with Crippen molar-refractivity contribution in [1.29, 1.82) is 0 Å². The van der Waals surface area contributed by atoms with Crippen molar-refractivity contribution in [1.82, 2.24) is 0 Å². The van der Waals surface area contributed by atoms with Crippen LogP contribution >= 0.6 is 0 Å². The van der Waals surface area contributed by atoms with Crippen LogP contribution in [0, 0.1) is 0 Å². The Morgan fingerprint density at radius 1 is 0.381 bits per heavy atom. The average Bonchev–Trinajstić information content (AvgIpc) is 3.29. The molecule has 0 radical (unpaired) electrons. The molecule has 5 nitrogen and oxygen atoms in total. The minimum atomic E-state index is -0.794. The largest absolute Gasteiger partial charge is 0.462 e. The van der Waals surface area contributed by atoms with E-state index in [4.69, 9.17) is 9.47 Å². The summed E-state index contributed by atoms with van der Waals surface area (Å²) in [5, 5.41) is 9.63. The number of carbonyl (C=O) groups is 2. The Labute approximate surface area is 390 Å². The van der Waals surface area contributed by atoms with Gasteiger partial charge >= 0.3 is 11.9 Å². The molecule has 0 rings (SSSR count). The highest BCUT2D eigenvalue weighted by Crippen LogP contribution is 2.16. The van der Waals surface area contributed by atoms with Crippen molar-refractivity contribution in [2.75, 3.05) is 13.2 Å². The fourth-order valence-electron chi connectivity index (χ4n) is 7.48. The molecule has 0 saturated carbocycles. The van der Waals surface area contributed by atoms with E-state index in [0.29, 0.717) is 12.8 Å². The van der Waals surface area contributed by atoms with Gasteiger partial charge in [-0.3, -0.25) is 9.59 Å². The second-order valence-electron chi connectivity index (χ2n) is 17.6. The molecule has 0 aromatic carbocycles. The predicted octanol–water partition coefficient (Wildman–Crippen LogP) is 17.8. The molecule has 0 aromatic heterocycles. The molecular weight excluding hydrogens is 777 g/mol. The van der Waals surface area contributed by atoms with Gasteiger partial charge in [0.15, 0.2) is 6.10 Å². The molecule has 0 fully saturated rings. The summed E-state index contributed by atoms with van der Waals surface area (Å²) in [6, 6.07) is 0. The Bertz CT molecular complexity index is 1170. The van der Waals surface area contributed by atoms with Gasteiger partial charge in [0.25, 0.3) is 0 Å². The third-order valence-electron chi connectivity index (χ3n) is 11.5. The Kier molecular flexibility index (Phi) is 50.9. The van der Waals surface area contributed by atoms with Crippen LogP contribution < -0.4 is 0 Å². The topological polar surface area (TPSA) is 72.8 Å². The van der Waals surface area contributed by atoms with Crippen molar-refractivity contribution >= 4 is 11.9 Å². The van der Waals surface area contributed by atoms with E-state index in [1.54, 1.807) is 0 Å². The molecule has 0 bridgehead atoms. The van der Waals surface area contributed by atoms with Crippen LogP contribution in [0.3, 0.4) is 0 Å². The maximum atomic E-state index is 12.3. The minimum absolute atomic E-state index is 0.0813. The van der Waals surface area contributed by atoms with Gasteiger partial charge in [-0.15, -0.1) is 0 Å². The first-order valence-electron chi connectivity index (χ1n) is 26.6. The van der Waals surface area contributed by atoms with Crippen LogP contribution in [-0.2, 0) is 19.1 Å². The lowest BCUT2D eigenvalue weighted by Gasteiger charge is -2.15. The fraction of sp³-hybridized carbons (Fsp3) is 0.724. The van der Waals surface area contributed by atoms with Gasteiger partial charge in [-0.25, -0.2) is 0 Å². The van der Waals surface area contributed by atoms with Gasteiger partial charge in [0.2, 0.25) is 0 Å². The number of carbonyl (C=O) groups excluding carboxylic acids is 2. The van der Waals surface area contributed by atoms with E-state index in [1.807, 2.05) is 0 Å². The number of rotatable bonds is 48. The smallest absolute Gasteiger partial charge is 0.306 e. The molecular formula is C58H100O5. The van der Waals surface area contributed by atoms with Crippen molar-refractivity contribution in [3.8, 4) is 0 Å². The number of hydrogen-bond donors (Lipinski definition) is 1. The van der Waals surface area contributed by atoms with Crippen molar-refractivity contribution in [3.05, 3.63) is 85.1 Å². The molecule has 1 unspecified atom stereocenters. The van der Waals surface area contributed by atoms with Crippen LogP contribution in [0.5, 0.6) is 0 Å². The van der Waals surface area contributed by atoms with Crippen LogP contribution in [-0.4, -0.2) is 36.4 Å². The molecule has 1 atom stereocenters. The summed E-state index contributed by atoms with van der Waals surface area (Å²) < 4.78 is 10.7. The SMILES string of the molecule is CC/C=C\C/C=C\C/C=C\C/C=C\C/C=C\C/C=C\C/C=C\CCCCCC(=O)OC(CO)COC(=O)CCCCCCCCCCCCCCCCCCCCCCCCCC. The molecule has 0 aliphatic rings. The normalized spacial score (nSPS) is 12.9. The standard InChI is InChI=1S/C58H100O5/c1-3-5-7-9-11-13-15-17-19-21-23-25-27-29-31-33-35-37-39-41-43-45-47-49-51-53-58(61)63-56(54-59)55-62-57(60)52-50-48-46-44-42-40-38-36-34-32-30-28-26-24-22-20-18-16-14-12-10-8-6-4-2/h5,7,11,13,17,19,23,25,29,31,35,37,41,43,56,59H,3-4,6,8-10,12,14-16,18,20-22,24,26-28,30,32-34,36,38-40,42,44-55H2,1-2H3/b7-5-,13-11-,19-17-,25-23-,31-29-,37-35-,43-41-. The van der Waals surface area contributed by atoms with E-state index < -0.39 is 6.10 Å². The van der Waals surface area contributed by atoms with Gasteiger partial charge in [-0.05, 0) is 70.6 Å². The lowest BCUT2D eigenvalue weighted by atomic mass is 10.0. The van der Waals surface area contributed by atoms with E-state index >= 15 is 0 Å². The Balaban J connectivity index is 3.57. The molecule has 0 amide bonds. The third-order valence-corrected chi connectivity index (χ3v) is 11.5. The van der Waals surface area contributed by atoms with Crippen molar-refractivity contribution in [3.63, 3.8) is 0 Å². The van der Waals surface area contributed by atoms with Gasteiger partial charge in [-0.2, -0.15) is 0 Å². The molecule has 0 heterocycles. The highest BCUT2D eigenvalue weighted by molar-refractivity contribution is 5.70. The van der Waals surface area contributed by atoms with Crippen LogP contribution in [0.15, 0.2) is 85.1 Å². The molecule has 0 aromatic rings. The Morgan fingerprint density at radius 3 is 1.03 bits per heavy atom. The first kappa shape index (κ1) is 60.1. The van der Waals surface area contributed by atoms with E-state index in [9.17, 15) is 14.7 Å². The fourth-order valence-corrected chi connectivity index (χ4v) is 7.48. The lowest BCUT2D eigenvalue weighted by molar-refractivity contribution is -0.161. The first-order valence-corrected chi connectivity index (χ1v) is 26.6. The highest BCUT2D eigenvalue weighted by Gasteiger charge is 2.16. The summed E-state index contributed by atoms with van der Waals surface area (Å²) in [5.41, 5.74) is 0. The summed E-state index contributed by atoms with van der Waals surface area (Å²) in [6.07, 6.45) is 74.0. The van der Waals surface area contributed by atoms with E-state index in [2.05, 4.69) is 98.9 Å². The van der Waals surface area contributed by atoms with Crippen LogP contribution in [0.4, 0.5) is 0 Å². The summed E-state index contributed by atoms with van der Waals surface area (Å²) in [7, 11) is 0. The summed E-state index contributed by atoms with van der Waals surface area (Å²) >= 11 is 0. The maximum absolute atomic E-state index is 12.3. The predicted molar refractivity (Wildman–Crippen MR) is 274 cm³/mol. The molecule has 5 heteroatoms. The third kappa shape index (κ3) is 51.6. The molecule has 0 saturated heterocycles. The molecule has 362 valence electrons. The second-order valence-corrected chi connectivity index (χ2v) is 17.6. The van der Waals surface area contributed by atoms with Crippen molar-refractivity contribution in [2.45, 2.75) is 258 Å². The Hall–Kier alpha value is -2.92. The van der Waals surface area contributed by atoms with Crippen LogP contribution in [0.25, 0.3) is 0 Å². The highest BCUT2D eigenvalue weighted by atomic mass is 16.6. The molecule has 63 heavy (non-hydrogen) atoms. The number of allylic oxidation sites excluding steroid dienone is 14. The Morgan fingerprint density at radius 2 is 0.683 bits per heavy atom. The zero-order valence-corrected chi connectivity index (χ0v) is 41.3. The van der Waals surface area contributed by atoms with Crippen molar-refractivity contribution in [2.24, 2.45) is 0 Å². The minimum Gasteiger partial charge on any atom is -0.462 e. The van der Waals surface area contributed by atoms with Gasteiger partial charge in [-0.1, -0.05) is 253 Å². The number of aliphatic hydroxyl groups excluding tert-OH is 1. The zero-order valence-electron chi connectivity index (χ0n) is 41.3. The van der Waals surface area contributed by atoms with E-state index in [0.717, 1.165) is 89.9 Å². The summed E-state index contributed by atoms with van der Waals surface area (Å²) in [4.78, 5) is 24.5. The first-order chi connectivity index (χ1) is 31.1. The van der Waals surface area contributed by atoms with Crippen LogP contribution in [0.1, 0.15) is 251 Å². The molecule has 0 spiro atoms. The zero-order chi connectivity index (χ0) is 45.6.